The molecular weight excluding hydrogens is 216 g/mol. The van der Waals surface area contributed by atoms with E-state index in [4.69, 9.17) is 5.11 Å². The molecule has 0 radical (unpaired) electrons. The molecule has 4 nitrogen and oxygen atoms in total. The molecule has 0 bridgehead atoms. The van der Waals surface area contributed by atoms with Gasteiger partial charge in [0.15, 0.2) is 0 Å². The van der Waals surface area contributed by atoms with Gasteiger partial charge in [0.2, 0.25) is 0 Å². The number of carboxylic acids is 1. The van der Waals surface area contributed by atoms with Gasteiger partial charge in [-0.05, 0) is 36.2 Å². The molecule has 88 valence electrons. The Hall–Kier alpha value is -2.10. The number of rotatable bonds is 3. The van der Waals surface area contributed by atoms with Gasteiger partial charge in [-0.2, -0.15) is 5.10 Å². The monoisotopic (exact) mass is 230 g/mol. The van der Waals surface area contributed by atoms with Crippen LogP contribution in [0.25, 0.3) is 5.69 Å². The van der Waals surface area contributed by atoms with Crippen LogP contribution in [-0.4, -0.2) is 20.9 Å². The lowest BCUT2D eigenvalue weighted by molar-refractivity contribution is 0.0697. The molecule has 0 spiro atoms. The van der Waals surface area contributed by atoms with E-state index >= 15 is 0 Å². The summed E-state index contributed by atoms with van der Waals surface area (Å²) in [6.45, 7) is 4.19. The summed E-state index contributed by atoms with van der Waals surface area (Å²) < 4.78 is 1.83. The van der Waals surface area contributed by atoms with E-state index in [9.17, 15) is 4.79 Å². The molecule has 1 aromatic heterocycles. The molecule has 0 amide bonds. The van der Waals surface area contributed by atoms with Crippen molar-refractivity contribution in [2.24, 2.45) is 0 Å². The highest BCUT2D eigenvalue weighted by Crippen LogP contribution is 2.18. The zero-order valence-electron chi connectivity index (χ0n) is 9.79. The first-order valence-corrected chi connectivity index (χ1v) is 5.47. The summed E-state index contributed by atoms with van der Waals surface area (Å²) in [6.07, 6.45) is 1.75. The topological polar surface area (TPSA) is 55.1 Å². The molecule has 0 unspecified atom stereocenters. The molecule has 0 atom stereocenters. The number of hydrogen-bond donors (Lipinski definition) is 1. The molecule has 2 aromatic rings. The quantitative estimate of drug-likeness (QED) is 0.882. The Morgan fingerprint density at radius 3 is 2.41 bits per heavy atom. The minimum atomic E-state index is -0.916. The minimum Gasteiger partial charge on any atom is -0.478 e. The van der Waals surface area contributed by atoms with Crippen molar-refractivity contribution in [3.8, 4) is 5.69 Å². The van der Waals surface area contributed by atoms with Crippen molar-refractivity contribution in [3.63, 3.8) is 0 Å². The van der Waals surface area contributed by atoms with Gasteiger partial charge in [-0.25, -0.2) is 9.48 Å². The second-order valence-corrected chi connectivity index (χ2v) is 4.17. The van der Waals surface area contributed by atoms with Crippen LogP contribution in [0.2, 0.25) is 0 Å². The summed E-state index contributed by atoms with van der Waals surface area (Å²) in [5, 5.41) is 13.1. The van der Waals surface area contributed by atoms with Gasteiger partial charge in [-0.15, -0.1) is 0 Å². The summed E-state index contributed by atoms with van der Waals surface area (Å²) in [5.74, 6) is -0.544. The first kappa shape index (κ1) is 11.4. The van der Waals surface area contributed by atoms with Gasteiger partial charge in [0.25, 0.3) is 0 Å². The molecule has 0 fully saturated rings. The third-order valence-corrected chi connectivity index (χ3v) is 2.62. The van der Waals surface area contributed by atoms with Crippen LogP contribution in [0.15, 0.2) is 36.5 Å². The Kier molecular flexibility index (Phi) is 2.95. The standard InChI is InChI=1S/C13H14N2O2/c1-9(2)12-7-8-14-15(12)11-5-3-10(4-6-11)13(16)17/h3-9H,1-2H3,(H,16,17). The van der Waals surface area contributed by atoms with E-state index in [2.05, 4.69) is 18.9 Å². The number of benzene rings is 1. The van der Waals surface area contributed by atoms with E-state index in [1.807, 2.05) is 10.7 Å². The van der Waals surface area contributed by atoms with Crippen LogP contribution < -0.4 is 0 Å². The fourth-order valence-electron chi connectivity index (χ4n) is 1.71. The summed E-state index contributed by atoms with van der Waals surface area (Å²) in [7, 11) is 0. The molecule has 0 aliphatic rings. The average Bonchev–Trinajstić information content (AvgIpc) is 2.78. The van der Waals surface area contributed by atoms with Gasteiger partial charge in [0, 0.05) is 11.9 Å². The number of hydrogen-bond acceptors (Lipinski definition) is 2. The second-order valence-electron chi connectivity index (χ2n) is 4.17. The van der Waals surface area contributed by atoms with Crippen molar-refractivity contribution in [1.82, 2.24) is 9.78 Å². The van der Waals surface area contributed by atoms with Gasteiger partial charge >= 0.3 is 5.97 Å². The van der Waals surface area contributed by atoms with Crippen molar-refractivity contribution >= 4 is 5.97 Å². The highest BCUT2D eigenvalue weighted by molar-refractivity contribution is 5.87. The zero-order valence-corrected chi connectivity index (χ0v) is 9.79. The van der Waals surface area contributed by atoms with Crippen molar-refractivity contribution in [1.29, 1.82) is 0 Å². The average molecular weight is 230 g/mol. The van der Waals surface area contributed by atoms with Gasteiger partial charge in [-0.1, -0.05) is 13.8 Å². The second kappa shape index (κ2) is 4.41. The van der Waals surface area contributed by atoms with E-state index in [0.717, 1.165) is 11.4 Å². The summed E-state index contributed by atoms with van der Waals surface area (Å²) in [5.41, 5.74) is 2.27. The maximum atomic E-state index is 10.8. The summed E-state index contributed by atoms with van der Waals surface area (Å²) in [4.78, 5) is 10.8. The predicted octanol–water partition coefficient (Wildman–Crippen LogP) is 2.69. The van der Waals surface area contributed by atoms with Crippen LogP contribution in [-0.2, 0) is 0 Å². The number of nitrogens with zero attached hydrogens (tertiary/aromatic N) is 2. The largest absolute Gasteiger partial charge is 0.478 e. The van der Waals surface area contributed by atoms with Crippen LogP contribution in [0.1, 0.15) is 35.8 Å². The lowest BCUT2D eigenvalue weighted by Crippen LogP contribution is -2.04. The van der Waals surface area contributed by atoms with E-state index in [1.54, 1.807) is 30.5 Å². The molecule has 0 saturated heterocycles. The maximum Gasteiger partial charge on any atom is 0.335 e. The number of carbonyl (C=O) groups is 1. The molecule has 4 heteroatoms. The first-order chi connectivity index (χ1) is 8.09. The Bertz CT molecular complexity index is 527. The predicted molar refractivity (Wildman–Crippen MR) is 64.6 cm³/mol. The van der Waals surface area contributed by atoms with Crippen LogP contribution >= 0.6 is 0 Å². The lowest BCUT2D eigenvalue weighted by Gasteiger charge is -2.10. The molecule has 2 rings (SSSR count). The van der Waals surface area contributed by atoms with Gasteiger partial charge < -0.3 is 5.11 Å². The molecule has 0 aliphatic heterocycles. The Labute approximate surface area is 99.5 Å². The molecule has 0 saturated carbocycles. The van der Waals surface area contributed by atoms with Crippen molar-refractivity contribution in [2.45, 2.75) is 19.8 Å². The van der Waals surface area contributed by atoms with Crippen molar-refractivity contribution in [2.75, 3.05) is 0 Å². The third kappa shape index (κ3) is 2.20. The van der Waals surface area contributed by atoms with Crippen LogP contribution in [0, 0.1) is 0 Å². The van der Waals surface area contributed by atoms with E-state index in [1.165, 1.54) is 0 Å². The Balaban J connectivity index is 2.40. The van der Waals surface area contributed by atoms with Gasteiger partial charge in [0.05, 0.1) is 11.3 Å². The zero-order chi connectivity index (χ0) is 12.4. The first-order valence-electron chi connectivity index (χ1n) is 5.47. The highest BCUT2D eigenvalue weighted by Gasteiger charge is 2.09. The molecule has 1 N–H and O–H groups in total. The molecule has 17 heavy (non-hydrogen) atoms. The molecule has 1 heterocycles. The fraction of sp³-hybridized carbons (Fsp3) is 0.231. The normalized spacial score (nSPS) is 10.8. The molecule has 1 aromatic carbocycles. The van der Waals surface area contributed by atoms with E-state index < -0.39 is 5.97 Å². The Morgan fingerprint density at radius 2 is 1.88 bits per heavy atom. The van der Waals surface area contributed by atoms with Gasteiger partial charge in [0.1, 0.15) is 0 Å². The third-order valence-electron chi connectivity index (χ3n) is 2.62. The van der Waals surface area contributed by atoms with Crippen LogP contribution in [0.3, 0.4) is 0 Å². The number of aromatic nitrogens is 2. The van der Waals surface area contributed by atoms with Crippen LogP contribution in [0.4, 0.5) is 0 Å². The smallest absolute Gasteiger partial charge is 0.335 e. The molecule has 0 aliphatic carbocycles. The summed E-state index contributed by atoms with van der Waals surface area (Å²) in [6, 6.07) is 8.67. The fourth-order valence-corrected chi connectivity index (χ4v) is 1.71. The number of aromatic carboxylic acids is 1. The highest BCUT2D eigenvalue weighted by atomic mass is 16.4. The minimum absolute atomic E-state index is 0.284. The van der Waals surface area contributed by atoms with Gasteiger partial charge in [-0.3, -0.25) is 0 Å². The van der Waals surface area contributed by atoms with Crippen molar-refractivity contribution in [3.05, 3.63) is 47.8 Å². The lowest BCUT2D eigenvalue weighted by atomic mass is 10.1. The Morgan fingerprint density at radius 1 is 1.24 bits per heavy atom. The SMILES string of the molecule is CC(C)c1ccnn1-c1ccc(C(=O)O)cc1. The number of carboxylic acid groups (broad SMARTS) is 1. The van der Waals surface area contributed by atoms with E-state index in [-0.39, 0.29) is 5.56 Å². The van der Waals surface area contributed by atoms with Crippen molar-refractivity contribution < 1.29 is 9.90 Å². The summed E-state index contributed by atoms with van der Waals surface area (Å²) >= 11 is 0. The van der Waals surface area contributed by atoms with E-state index in [0.29, 0.717) is 5.92 Å². The maximum absolute atomic E-state index is 10.8. The molecular formula is C13H14N2O2. The van der Waals surface area contributed by atoms with Crippen LogP contribution in [0.5, 0.6) is 0 Å².